The second-order valence-corrected chi connectivity index (χ2v) is 8.52. The lowest BCUT2D eigenvalue weighted by molar-refractivity contribution is 0.0531. The van der Waals surface area contributed by atoms with Crippen molar-refractivity contribution in [2.75, 3.05) is 20.1 Å². The smallest absolute Gasteiger partial charge is 0.309 e. The molecule has 25 heavy (non-hydrogen) atoms. The lowest BCUT2D eigenvalue weighted by atomic mass is 9.81. The third-order valence-corrected chi connectivity index (χ3v) is 6.45. The molecule has 1 aromatic rings. The number of nitrogens with zero attached hydrogens (tertiary/aromatic N) is 3. The maximum Gasteiger partial charge on any atom is 0.309 e. The van der Waals surface area contributed by atoms with E-state index in [2.05, 4.69) is 16.8 Å². The molecule has 1 amide bonds. The van der Waals surface area contributed by atoms with Gasteiger partial charge in [0, 0.05) is 39.1 Å². The van der Waals surface area contributed by atoms with Gasteiger partial charge in [0.1, 0.15) is 5.76 Å². The molecule has 3 aliphatic rings. The van der Waals surface area contributed by atoms with Gasteiger partial charge in [-0.15, -0.1) is 0 Å². The van der Waals surface area contributed by atoms with Gasteiger partial charge in [0.25, 0.3) is 5.89 Å². The Labute approximate surface area is 150 Å². The molecule has 0 spiro atoms. The maximum absolute atomic E-state index is 12.7. The third kappa shape index (κ3) is 3.62. The van der Waals surface area contributed by atoms with Gasteiger partial charge in [-0.2, -0.15) is 0 Å². The van der Waals surface area contributed by atoms with Crippen molar-refractivity contribution in [2.45, 2.75) is 70.9 Å². The minimum atomic E-state index is -0.0508. The first kappa shape index (κ1) is 17.1. The molecular formula is C20H31N3O2. The van der Waals surface area contributed by atoms with Gasteiger partial charge in [0.2, 0.25) is 0 Å². The zero-order valence-electron chi connectivity index (χ0n) is 15.7. The molecule has 0 bridgehead atoms. The Kier molecular flexibility index (Phi) is 4.85. The van der Waals surface area contributed by atoms with Crippen molar-refractivity contribution < 1.29 is 9.21 Å². The standard InChI is InChI=1S/C20H31N3O2/c1-14-10-16(11-14)22(2)20(24)19-21-17-13-23(9-8-18(17)25-19)12-15-6-4-3-5-7-15/h14-16H,3-13H2,1-2H3. The normalized spacial score (nSPS) is 27.6. The average Bonchev–Trinajstić information content (AvgIpc) is 3.02. The van der Waals surface area contributed by atoms with E-state index in [1.54, 1.807) is 0 Å². The number of rotatable bonds is 4. The lowest BCUT2D eigenvalue weighted by Gasteiger charge is -2.38. The van der Waals surface area contributed by atoms with Crippen molar-refractivity contribution in [3.63, 3.8) is 0 Å². The molecular weight excluding hydrogens is 314 g/mol. The molecule has 5 heteroatoms. The highest BCUT2D eigenvalue weighted by Crippen LogP contribution is 2.32. The summed E-state index contributed by atoms with van der Waals surface area (Å²) >= 11 is 0. The molecule has 0 aromatic carbocycles. The molecule has 5 nitrogen and oxygen atoms in total. The highest BCUT2D eigenvalue weighted by Gasteiger charge is 2.34. The van der Waals surface area contributed by atoms with Crippen LogP contribution in [0.25, 0.3) is 0 Å². The summed E-state index contributed by atoms with van der Waals surface area (Å²) < 4.78 is 5.84. The van der Waals surface area contributed by atoms with Crippen LogP contribution in [-0.2, 0) is 13.0 Å². The van der Waals surface area contributed by atoms with Crippen LogP contribution in [0.4, 0.5) is 0 Å². The second kappa shape index (κ2) is 7.10. The summed E-state index contributed by atoms with van der Waals surface area (Å²) in [5.41, 5.74) is 0.987. The lowest BCUT2D eigenvalue weighted by Crippen LogP contribution is -2.44. The van der Waals surface area contributed by atoms with Crippen molar-refractivity contribution in [1.29, 1.82) is 0 Å². The van der Waals surface area contributed by atoms with E-state index >= 15 is 0 Å². The second-order valence-electron chi connectivity index (χ2n) is 8.52. The molecule has 2 saturated carbocycles. The number of fused-ring (bicyclic) bond motifs is 1. The Bertz CT molecular complexity index is 614. The van der Waals surface area contributed by atoms with Crippen LogP contribution in [0.5, 0.6) is 0 Å². The predicted molar refractivity (Wildman–Crippen MR) is 96.3 cm³/mol. The van der Waals surface area contributed by atoms with E-state index < -0.39 is 0 Å². The quantitative estimate of drug-likeness (QED) is 0.838. The molecule has 0 atom stereocenters. The molecule has 0 radical (unpaired) electrons. The maximum atomic E-state index is 12.7. The van der Waals surface area contributed by atoms with Gasteiger partial charge in [-0.1, -0.05) is 26.2 Å². The van der Waals surface area contributed by atoms with Crippen LogP contribution < -0.4 is 0 Å². The first-order valence-corrected chi connectivity index (χ1v) is 10.1. The number of hydrogen-bond donors (Lipinski definition) is 0. The van der Waals surface area contributed by atoms with E-state index in [-0.39, 0.29) is 5.91 Å². The Balaban J connectivity index is 1.37. The van der Waals surface area contributed by atoms with E-state index in [0.29, 0.717) is 11.9 Å². The molecule has 2 fully saturated rings. The van der Waals surface area contributed by atoms with Crippen LogP contribution >= 0.6 is 0 Å². The van der Waals surface area contributed by atoms with Crippen LogP contribution in [-0.4, -0.2) is 46.9 Å². The molecule has 2 heterocycles. The molecule has 0 unspecified atom stereocenters. The minimum Gasteiger partial charge on any atom is -0.437 e. The van der Waals surface area contributed by atoms with Crippen molar-refractivity contribution in [3.8, 4) is 0 Å². The van der Waals surface area contributed by atoms with E-state index in [9.17, 15) is 4.79 Å². The van der Waals surface area contributed by atoms with Crippen LogP contribution in [0.1, 0.15) is 74.0 Å². The van der Waals surface area contributed by atoms with E-state index in [1.807, 2.05) is 11.9 Å². The van der Waals surface area contributed by atoms with Crippen molar-refractivity contribution >= 4 is 5.91 Å². The number of hydrogen-bond acceptors (Lipinski definition) is 4. The van der Waals surface area contributed by atoms with Crippen LogP contribution in [0, 0.1) is 11.8 Å². The van der Waals surface area contributed by atoms with Crippen molar-refractivity contribution in [1.82, 2.24) is 14.8 Å². The monoisotopic (exact) mass is 345 g/mol. The average molecular weight is 345 g/mol. The summed E-state index contributed by atoms with van der Waals surface area (Å²) in [6.45, 7) is 5.28. The fourth-order valence-corrected chi connectivity index (χ4v) is 4.73. The molecule has 4 rings (SSSR count). The molecule has 0 N–H and O–H groups in total. The Morgan fingerprint density at radius 1 is 1.28 bits per heavy atom. The summed E-state index contributed by atoms with van der Waals surface area (Å²) in [7, 11) is 1.89. The number of carbonyl (C=O) groups is 1. The zero-order valence-corrected chi connectivity index (χ0v) is 15.7. The summed E-state index contributed by atoms with van der Waals surface area (Å²) in [6.07, 6.45) is 9.99. The van der Waals surface area contributed by atoms with Gasteiger partial charge in [0.15, 0.2) is 0 Å². The Morgan fingerprint density at radius 3 is 2.76 bits per heavy atom. The fourth-order valence-electron chi connectivity index (χ4n) is 4.73. The molecule has 138 valence electrons. The van der Waals surface area contributed by atoms with Gasteiger partial charge >= 0.3 is 5.91 Å². The topological polar surface area (TPSA) is 49.6 Å². The fraction of sp³-hybridized carbons (Fsp3) is 0.800. The van der Waals surface area contributed by atoms with Gasteiger partial charge in [-0.25, -0.2) is 4.98 Å². The highest BCUT2D eigenvalue weighted by atomic mass is 16.4. The Hall–Kier alpha value is -1.36. The summed E-state index contributed by atoms with van der Waals surface area (Å²) in [5.74, 6) is 2.75. The predicted octanol–water partition coefficient (Wildman–Crippen LogP) is 3.48. The van der Waals surface area contributed by atoms with Gasteiger partial charge < -0.3 is 9.32 Å². The summed E-state index contributed by atoms with van der Waals surface area (Å²) in [6, 6.07) is 0.356. The van der Waals surface area contributed by atoms with E-state index in [1.165, 1.54) is 38.6 Å². The molecule has 2 aliphatic carbocycles. The van der Waals surface area contributed by atoms with Gasteiger partial charge in [-0.05, 0) is 37.5 Å². The summed E-state index contributed by atoms with van der Waals surface area (Å²) in [5, 5.41) is 0. The minimum absolute atomic E-state index is 0.0508. The zero-order chi connectivity index (χ0) is 17.4. The van der Waals surface area contributed by atoms with E-state index in [0.717, 1.165) is 55.6 Å². The molecule has 1 aromatic heterocycles. The van der Waals surface area contributed by atoms with Gasteiger partial charge in [-0.3, -0.25) is 9.69 Å². The number of amides is 1. The SMILES string of the molecule is CC1CC(N(C)C(=O)c2nc3c(o2)CCN(CC2CCCCC2)C3)C1. The number of carbonyl (C=O) groups excluding carboxylic acids is 1. The highest BCUT2D eigenvalue weighted by molar-refractivity contribution is 5.89. The van der Waals surface area contributed by atoms with Gasteiger partial charge in [0.05, 0.1) is 5.69 Å². The first-order valence-electron chi connectivity index (χ1n) is 10.1. The summed E-state index contributed by atoms with van der Waals surface area (Å²) in [4.78, 5) is 21.6. The number of aromatic nitrogens is 1. The van der Waals surface area contributed by atoms with E-state index in [4.69, 9.17) is 4.42 Å². The third-order valence-electron chi connectivity index (χ3n) is 6.45. The van der Waals surface area contributed by atoms with Crippen LogP contribution in [0.2, 0.25) is 0 Å². The van der Waals surface area contributed by atoms with Crippen LogP contribution in [0.3, 0.4) is 0 Å². The molecule has 0 saturated heterocycles. The number of oxazole rings is 1. The van der Waals surface area contributed by atoms with Crippen molar-refractivity contribution in [2.24, 2.45) is 11.8 Å². The van der Waals surface area contributed by atoms with Crippen LogP contribution in [0.15, 0.2) is 4.42 Å². The first-order chi connectivity index (χ1) is 12.1. The largest absolute Gasteiger partial charge is 0.437 e. The molecule has 1 aliphatic heterocycles. The Morgan fingerprint density at radius 2 is 2.04 bits per heavy atom. The van der Waals surface area contributed by atoms with Crippen molar-refractivity contribution in [3.05, 3.63) is 17.3 Å².